The maximum Gasteiger partial charge on any atom is 0.309 e. The third kappa shape index (κ3) is 25.5. The minimum Gasteiger partial charge on any atom is -0.465 e. The average molecular weight is 472 g/mol. The van der Waals surface area contributed by atoms with Gasteiger partial charge in [0.25, 0.3) is 0 Å². The van der Waals surface area contributed by atoms with Crippen molar-refractivity contribution >= 4 is 5.97 Å². The minimum atomic E-state index is -1.17. The highest BCUT2D eigenvalue weighted by Crippen LogP contribution is 2.09. The second kappa shape index (κ2) is 25.7. The molecule has 0 atom stereocenters. The molecule has 0 aromatic rings. The van der Waals surface area contributed by atoms with E-state index in [2.05, 4.69) is 17.9 Å². The van der Waals surface area contributed by atoms with Crippen LogP contribution in [-0.4, -0.2) is 65.3 Å². The molecule has 0 radical (unpaired) electrons. The van der Waals surface area contributed by atoms with Crippen molar-refractivity contribution in [1.29, 1.82) is 0 Å². The van der Waals surface area contributed by atoms with Crippen LogP contribution in [-0.2, 0) is 9.53 Å². The van der Waals surface area contributed by atoms with Crippen molar-refractivity contribution in [2.24, 2.45) is 0 Å². The Labute approximate surface area is 203 Å². The lowest BCUT2D eigenvalue weighted by atomic mass is 10.1. The summed E-state index contributed by atoms with van der Waals surface area (Å²) in [7, 11) is 0. The smallest absolute Gasteiger partial charge is 0.309 e. The maximum atomic E-state index is 11.7. The van der Waals surface area contributed by atoms with Gasteiger partial charge in [0.05, 0.1) is 19.6 Å². The van der Waals surface area contributed by atoms with Gasteiger partial charge in [0.2, 0.25) is 0 Å². The second-order valence-corrected chi connectivity index (χ2v) is 9.12. The third-order valence-electron chi connectivity index (χ3n) is 5.91. The number of esters is 1. The molecule has 0 spiro atoms. The number of unbranched alkanes of at least 4 members (excludes halogenated alkanes) is 12. The van der Waals surface area contributed by atoms with E-state index in [-0.39, 0.29) is 12.6 Å². The van der Waals surface area contributed by atoms with Gasteiger partial charge in [0, 0.05) is 6.54 Å². The Hall–Kier alpha value is -0.950. The average Bonchev–Trinajstić information content (AvgIpc) is 2.79. The number of aliphatic hydroxyl groups excluding tert-OH is 2. The molecule has 0 bridgehead atoms. The van der Waals surface area contributed by atoms with E-state index in [9.17, 15) is 9.90 Å². The highest BCUT2D eigenvalue weighted by atomic mass is 16.5. The zero-order valence-corrected chi connectivity index (χ0v) is 21.4. The fraction of sp³-hybridized carbons (Fsp3) is 0.889. The topological polar surface area (TPSA) is 90.2 Å². The predicted molar refractivity (Wildman–Crippen MR) is 136 cm³/mol. The molecule has 0 aromatic heterocycles. The van der Waals surface area contributed by atoms with Crippen LogP contribution < -0.4 is 0 Å². The number of nitrogens with zero attached hydrogens (tertiary/aromatic N) is 1. The molecule has 6 nitrogen and oxygen atoms in total. The van der Waals surface area contributed by atoms with E-state index in [1.165, 1.54) is 32.1 Å². The number of aliphatic hydroxyl groups is 3. The maximum absolute atomic E-state index is 11.7. The Kier molecular flexibility index (Phi) is 24.9. The van der Waals surface area contributed by atoms with E-state index in [1.807, 2.05) is 6.08 Å². The zero-order valence-electron chi connectivity index (χ0n) is 21.4. The largest absolute Gasteiger partial charge is 0.465 e. The normalized spacial score (nSPS) is 11.8. The first-order chi connectivity index (χ1) is 16.1. The lowest BCUT2D eigenvalue weighted by molar-refractivity contribution is -0.142. The summed E-state index contributed by atoms with van der Waals surface area (Å²) < 4.78 is 5.30. The number of ether oxygens (including phenoxy) is 1. The molecule has 0 saturated heterocycles. The molecule has 0 rings (SSSR count). The number of rotatable bonds is 25. The first-order valence-electron chi connectivity index (χ1n) is 13.6. The quantitative estimate of drug-likeness (QED) is 0.0720. The summed E-state index contributed by atoms with van der Waals surface area (Å²) in [5.41, 5.74) is 0. The fourth-order valence-corrected chi connectivity index (χ4v) is 3.87. The summed E-state index contributed by atoms with van der Waals surface area (Å²) in [6.07, 6.45) is 20.6. The first kappa shape index (κ1) is 32.0. The number of hydrogen-bond acceptors (Lipinski definition) is 6. The van der Waals surface area contributed by atoms with Gasteiger partial charge in [-0.25, -0.2) is 0 Å². The van der Waals surface area contributed by atoms with Crippen LogP contribution in [0.5, 0.6) is 0 Å². The van der Waals surface area contributed by atoms with Gasteiger partial charge in [-0.2, -0.15) is 0 Å². The lowest BCUT2D eigenvalue weighted by Gasteiger charge is -2.21. The Morgan fingerprint density at radius 1 is 0.788 bits per heavy atom. The second-order valence-electron chi connectivity index (χ2n) is 9.12. The Morgan fingerprint density at radius 2 is 1.39 bits per heavy atom. The summed E-state index contributed by atoms with van der Waals surface area (Å²) in [6.45, 7) is 5.72. The van der Waals surface area contributed by atoms with Crippen LogP contribution in [0.1, 0.15) is 116 Å². The molecule has 3 N–H and O–H groups in total. The lowest BCUT2D eigenvalue weighted by Crippen LogP contribution is -2.29. The summed E-state index contributed by atoms with van der Waals surface area (Å²) in [5.74, 6) is -0.120. The van der Waals surface area contributed by atoms with Crippen molar-refractivity contribution in [3.05, 3.63) is 12.2 Å². The highest BCUT2D eigenvalue weighted by Gasteiger charge is 2.05. The van der Waals surface area contributed by atoms with E-state index in [1.54, 1.807) is 0 Å². The van der Waals surface area contributed by atoms with Gasteiger partial charge >= 0.3 is 5.97 Å². The fourth-order valence-electron chi connectivity index (χ4n) is 3.87. The third-order valence-corrected chi connectivity index (χ3v) is 5.91. The Balaban J connectivity index is 3.54. The summed E-state index contributed by atoms with van der Waals surface area (Å²) >= 11 is 0. The molecule has 0 aromatic carbocycles. The highest BCUT2D eigenvalue weighted by molar-refractivity contribution is 5.71. The van der Waals surface area contributed by atoms with Crippen molar-refractivity contribution < 1.29 is 24.9 Å². The van der Waals surface area contributed by atoms with Crippen LogP contribution in [0.25, 0.3) is 0 Å². The van der Waals surface area contributed by atoms with Crippen molar-refractivity contribution in [3.63, 3.8) is 0 Å². The van der Waals surface area contributed by atoms with Crippen LogP contribution in [0, 0.1) is 0 Å². The van der Waals surface area contributed by atoms with Gasteiger partial charge in [0.1, 0.15) is 0 Å². The summed E-state index contributed by atoms with van der Waals surface area (Å²) in [4.78, 5) is 14.1. The van der Waals surface area contributed by atoms with Gasteiger partial charge < -0.3 is 25.0 Å². The summed E-state index contributed by atoms with van der Waals surface area (Å²) in [6, 6.07) is 0. The van der Waals surface area contributed by atoms with Gasteiger partial charge in [-0.05, 0) is 58.0 Å². The molecule has 33 heavy (non-hydrogen) atoms. The number of carbonyl (C=O) groups is 1. The molecule has 0 aliphatic heterocycles. The monoisotopic (exact) mass is 471 g/mol. The molecular formula is C27H53NO5. The molecule has 0 unspecified atom stereocenters. The van der Waals surface area contributed by atoms with Gasteiger partial charge in [-0.3, -0.25) is 4.79 Å². The molecule has 0 heterocycles. The molecule has 6 heteroatoms. The van der Waals surface area contributed by atoms with Gasteiger partial charge in [-0.15, -0.1) is 0 Å². The van der Waals surface area contributed by atoms with Crippen molar-refractivity contribution in [1.82, 2.24) is 4.90 Å². The standard InChI is InChI=1S/C27H53NO5/c1-2-3-4-5-6-10-15-20-27(32)33-25-18-13-8-12-17-22-28(23-24-29)21-16-11-7-9-14-19-26(30)31/h10,15,26,29-31H,2-9,11-14,16-25H2,1H3/b15-10-. The molecular weight excluding hydrogens is 418 g/mol. The van der Waals surface area contributed by atoms with Gasteiger partial charge in [0.15, 0.2) is 6.29 Å². The SMILES string of the molecule is CCCCCC/C=C\CC(=O)OCCCCCCCN(CCO)CCCCCCCC(O)O. The van der Waals surface area contributed by atoms with Crippen molar-refractivity contribution in [2.75, 3.05) is 32.8 Å². The molecule has 0 fully saturated rings. The molecule has 0 saturated carbocycles. The summed E-state index contributed by atoms with van der Waals surface area (Å²) in [5, 5.41) is 27.0. The Bertz CT molecular complexity index is 442. The van der Waals surface area contributed by atoms with Crippen LogP contribution in [0.2, 0.25) is 0 Å². The molecule has 0 aliphatic carbocycles. The van der Waals surface area contributed by atoms with E-state index < -0.39 is 6.29 Å². The molecule has 0 amide bonds. The van der Waals surface area contributed by atoms with Crippen LogP contribution in [0.3, 0.4) is 0 Å². The van der Waals surface area contributed by atoms with Crippen molar-refractivity contribution in [3.8, 4) is 0 Å². The van der Waals surface area contributed by atoms with E-state index in [0.717, 1.165) is 83.8 Å². The zero-order chi connectivity index (χ0) is 24.4. The van der Waals surface area contributed by atoms with Crippen LogP contribution in [0.15, 0.2) is 12.2 Å². The van der Waals surface area contributed by atoms with Gasteiger partial charge in [-0.1, -0.05) is 76.9 Å². The predicted octanol–water partition coefficient (Wildman–Crippen LogP) is 5.34. The minimum absolute atomic E-state index is 0.120. The number of carbonyl (C=O) groups excluding carboxylic acids is 1. The van der Waals surface area contributed by atoms with Crippen LogP contribution in [0.4, 0.5) is 0 Å². The van der Waals surface area contributed by atoms with Crippen molar-refractivity contribution in [2.45, 2.75) is 122 Å². The molecule has 0 aliphatic rings. The van der Waals surface area contributed by atoms with E-state index in [4.69, 9.17) is 14.9 Å². The number of hydrogen-bond donors (Lipinski definition) is 3. The number of allylic oxidation sites excluding steroid dienone is 1. The van der Waals surface area contributed by atoms with Crippen LogP contribution >= 0.6 is 0 Å². The Morgan fingerprint density at radius 3 is 2.03 bits per heavy atom. The molecule has 196 valence electrons. The van der Waals surface area contributed by atoms with E-state index in [0.29, 0.717) is 19.4 Å². The van der Waals surface area contributed by atoms with E-state index >= 15 is 0 Å². The first-order valence-corrected chi connectivity index (χ1v) is 13.6.